The van der Waals surface area contributed by atoms with Gasteiger partial charge in [-0.05, 0) is 65.6 Å². The molecule has 0 aromatic heterocycles. The molecule has 176 valence electrons. The van der Waals surface area contributed by atoms with E-state index in [0.717, 1.165) is 32.2 Å². The summed E-state index contributed by atoms with van der Waals surface area (Å²) in [5.74, 6) is 1.11. The molecule has 0 bridgehead atoms. The zero-order valence-electron chi connectivity index (χ0n) is 18.7. The Morgan fingerprint density at radius 3 is 2.41 bits per heavy atom. The van der Waals surface area contributed by atoms with Gasteiger partial charge in [0.25, 0.3) is 5.91 Å². The molecular formula is C26H24Br2N2O3S. The molecule has 0 unspecified atom stereocenters. The lowest BCUT2D eigenvalue weighted by Crippen LogP contribution is -2.30. The van der Waals surface area contributed by atoms with Crippen LogP contribution < -0.4 is 20.1 Å². The average molecular weight is 604 g/mol. The second-order valence-electron chi connectivity index (χ2n) is 7.61. The van der Waals surface area contributed by atoms with Crippen molar-refractivity contribution in [2.45, 2.75) is 25.4 Å². The summed E-state index contributed by atoms with van der Waals surface area (Å²) < 4.78 is 13.4. The van der Waals surface area contributed by atoms with E-state index in [9.17, 15) is 4.79 Å². The van der Waals surface area contributed by atoms with Crippen LogP contribution in [-0.2, 0) is 17.8 Å². The van der Waals surface area contributed by atoms with Crippen molar-refractivity contribution < 1.29 is 14.3 Å². The van der Waals surface area contributed by atoms with E-state index in [2.05, 4.69) is 61.5 Å². The predicted molar refractivity (Wildman–Crippen MR) is 146 cm³/mol. The van der Waals surface area contributed by atoms with Crippen LogP contribution in [0.15, 0.2) is 74.5 Å². The molecule has 0 aliphatic carbocycles. The number of halogens is 2. The number of hydrogen-bond acceptors (Lipinski definition) is 5. The van der Waals surface area contributed by atoms with Crippen LogP contribution in [-0.4, -0.2) is 18.5 Å². The van der Waals surface area contributed by atoms with Crippen molar-refractivity contribution in [3.8, 4) is 11.5 Å². The summed E-state index contributed by atoms with van der Waals surface area (Å²) in [5.41, 5.74) is 3.89. The van der Waals surface area contributed by atoms with Crippen LogP contribution in [0.5, 0.6) is 11.5 Å². The number of hydrogen-bond donors (Lipinski definition) is 2. The number of methoxy groups -OCH3 is 1. The van der Waals surface area contributed by atoms with Crippen LogP contribution in [0, 0.1) is 0 Å². The largest absolute Gasteiger partial charge is 0.493 e. The molecule has 3 aromatic rings. The van der Waals surface area contributed by atoms with Gasteiger partial charge in [0.15, 0.2) is 17.0 Å². The summed E-state index contributed by atoms with van der Waals surface area (Å²) in [4.78, 5) is 13.2. The highest BCUT2D eigenvalue weighted by atomic mass is 79.9. The third-order valence-electron chi connectivity index (χ3n) is 5.27. The Balaban J connectivity index is 1.46. The highest BCUT2D eigenvalue weighted by Crippen LogP contribution is 2.37. The predicted octanol–water partition coefficient (Wildman–Crippen LogP) is 6.96. The number of carbonyl (C=O) groups excluding carboxylic acids is 1. The molecule has 1 saturated heterocycles. The van der Waals surface area contributed by atoms with Crippen molar-refractivity contribution in [2.75, 3.05) is 12.4 Å². The lowest BCUT2D eigenvalue weighted by molar-refractivity contribution is -0.116. The van der Waals surface area contributed by atoms with Gasteiger partial charge in [0, 0.05) is 14.6 Å². The maximum Gasteiger partial charge on any atom is 0.260 e. The number of thioether (sulfide) groups is 1. The zero-order valence-corrected chi connectivity index (χ0v) is 22.7. The van der Waals surface area contributed by atoms with Crippen molar-refractivity contribution in [3.63, 3.8) is 0 Å². The molecule has 0 radical (unpaired) electrons. The van der Waals surface area contributed by atoms with Gasteiger partial charge in [0.2, 0.25) is 0 Å². The van der Waals surface area contributed by atoms with Gasteiger partial charge in [0.1, 0.15) is 6.61 Å². The van der Waals surface area contributed by atoms with Gasteiger partial charge in [0.05, 0.1) is 12.0 Å². The van der Waals surface area contributed by atoms with Crippen molar-refractivity contribution in [2.24, 2.45) is 0 Å². The van der Waals surface area contributed by atoms with Gasteiger partial charge in [-0.25, -0.2) is 0 Å². The molecule has 1 amide bonds. The van der Waals surface area contributed by atoms with Gasteiger partial charge in [-0.2, -0.15) is 0 Å². The third-order valence-corrected chi connectivity index (χ3v) is 7.51. The van der Waals surface area contributed by atoms with Crippen LogP contribution in [0.2, 0.25) is 0 Å². The minimum absolute atomic E-state index is 0.117. The molecule has 1 aliphatic rings. The van der Waals surface area contributed by atoms with E-state index in [-0.39, 0.29) is 11.4 Å². The first-order valence-corrected chi connectivity index (χ1v) is 13.2. The number of benzene rings is 3. The summed E-state index contributed by atoms with van der Waals surface area (Å²) >= 11 is 8.50. The number of anilines is 1. The lowest BCUT2D eigenvalue weighted by atomic mass is 10.1. The molecule has 4 rings (SSSR count). The number of rotatable bonds is 8. The Bertz CT molecular complexity index is 1200. The minimum atomic E-state index is -0.236. The number of aryl methyl sites for hydroxylation is 1. The summed E-state index contributed by atoms with van der Waals surface area (Å²) in [5, 5.41) is 6.32. The second-order valence-corrected chi connectivity index (χ2v) is 10.5. The van der Waals surface area contributed by atoms with E-state index in [1.54, 1.807) is 7.11 Å². The molecule has 3 aromatic carbocycles. The van der Waals surface area contributed by atoms with Crippen molar-refractivity contribution in [1.29, 1.82) is 0 Å². The highest BCUT2D eigenvalue weighted by Gasteiger charge is 2.27. The summed E-state index contributed by atoms with van der Waals surface area (Å²) in [6.07, 6.45) is 2.85. The van der Waals surface area contributed by atoms with E-state index in [0.29, 0.717) is 23.0 Å². The number of amides is 1. The van der Waals surface area contributed by atoms with Gasteiger partial charge in [-0.3, -0.25) is 4.79 Å². The van der Waals surface area contributed by atoms with E-state index in [1.807, 2.05) is 54.6 Å². The summed E-state index contributed by atoms with van der Waals surface area (Å²) in [7, 11) is 1.60. The Labute approximate surface area is 220 Å². The molecule has 8 heteroatoms. The van der Waals surface area contributed by atoms with E-state index in [4.69, 9.17) is 9.47 Å². The smallest absolute Gasteiger partial charge is 0.260 e. The van der Waals surface area contributed by atoms with Crippen LogP contribution in [0.25, 0.3) is 6.08 Å². The van der Waals surface area contributed by atoms with E-state index >= 15 is 0 Å². The molecule has 1 atom stereocenters. The SMILES string of the molecule is CCc1ccc(N[C@H]2NC(=O)/C(=C/c3cc(OC)c(OCc4ccc(Br)cc4)cc3Br)S2)cc1. The molecule has 5 nitrogen and oxygen atoms in total. The fraction of sp³-hybridized carbons (Fsp3) is 0.192. The third kappa shape index (κ3) is 6.17. The summed E-state index contributed by atoms with van der Waals surface area (Å²) in [6, 6.07) is 19.9. The molecular weight excluding hydrogens is 580 g/mol. The topological polar surface area (TPSA) is 59.6 Å². The standard InChI is InChI=1S/C26H24Br2N2O3S/c1-3-16-6-10-20(11-7-16)29-26-30-25(31)24(34-26)13-18-12-22(32-2)23(14-21(18)28)33-15-17-4-8-19(27)9-5-17/h4-14,26,29H,3,15H2,1-2H3,(H,30,31)/b24-13-/t26-/m0/s1. The van der Waals surface area contributed by atoms with Crippen molar-refractivity contribution >= 4 is 61.3 Å². The molecule has 1 heterocycles. The number of carbonyl (C=O) groups is 1. The monoisotopic (exact) mass is 602 g/mol. The maximum atomic E-state index is 12.6. The maximum absolute atomic E-state index is 12.6. The quantitative estimate of drug-likeness (QED) is 0.273. The molecule has 1 fully saturated rings. The first-order valence-electron chi connectivity index (χ1n) is 10.7. The normalized spacial score (nSPS) is 16.4. The molecule has 1 aliphatic heterocycles. The molecule has 34 heavy (non-hydrogen) atoms. The Morgan fingerprint density at radius 1 is 1.03 bits per heavy atom. The van der Waals surface area contributed by atoms with Crippen LogP contribution >= 0.6 is 43.6 Å². The molecule has 0 saturated carbocycles. The zero-order chi connectivity index (χ0) is 24.1. The summed E-state index contributed by atoms with van der Waals surface area (Å²) in [6.45, 7) is 2.54. The van der Waals surface area contributed by atoms with Gasteiger partial charge in [-0.15, -0.1) is 0 Å². The van der Waals surface area contributed by atoms with Crippen LogP contribution in [0.1, 0.15) is 23.6 Å². The fourth-order valence-electron chi connectivity index (χ4n) is 3.37. The lowest BCUT2D eigenvalue weighted by Gasteiger charge is -2.13. The first kappa shape index (κ1) is 24.7. The number of nitrogens with one attached hydrogen (secondary N) is 2. The van der Waals surface area contributed by atoms with Crippen molar-refractivity contribution in [3.05, 3.63) is 91.2 Å². The van der Waals surface area contributed by atoms with Crippen LogP contribution in [0.4, 0.5) is 5.69 Å². The van der Waals surface area contributed by atoms with Gasteiger partial charge < -0.3 is 20.1 Å². The minimum Gasteiger partial charge on any atom is -0.493 e. The first-order chi connectivity index (χ1) is 16.4. The van der Waals surface area contributed by atoms with E-state index < -0.39 is 0 Å². The number of ether oxygens (including phenoxy) is 2. The second kappa shape index (κ2) is 11.3. The van der Waals surface area contributed by atoms with Crippen LogP contribution in [0.3, 0.4) is 0 Å². The Kier molecular flexibility index (Phi) is 8.24. The van der Waals surface area contributed by atoms with Crippen molar-refractivity contribution in [1.82, 2.24) is 5.32 Å². The van der Waals surface area contributed by atoms with E-state index in [1.165, 1.54) is 17.3 Å². The van der Waals surface area contributed by atoms with Gasteiger partial charge >= 0.3 is 0 Å². The molecule has 0 spiro atoms. The Hall–Kier alpha value is -2.42. The Morgan fingerprint density at radius 2 is 1.74 bits per heavy atom. The van der Waals surface area contributed by atoms with Gasteiger partial charge in [-0.1, -0.05) is 74.8 Å². The fourth-order valence-corrected chi connectivity index (χ4v) is 5.05. The average Bonchev–Trinajstić information content (AvgIpc) is 3.18. The highest BCUT2D eigenvalue weighted by molar-refractivity contribution is 9.10. The molecule has 2 N–H and O–H groups in total.